The van der Waals surface area contributed by atoms with Crippen molar-refractivity contribution in [1.82, 2.24) is 0 Å². The first kappa shape index (κ1) is 14.0. The number of hydrogen-bond acceptors (Lipinski definition) is 6. The second-order valence-electron chi connectivity index (χ2n) is 4.45. The lowest BCUT2D eigenvalue weighted by Crippen LogP contribution is -2.50. The SMILES string of the molecule is COC(=O)C[C@@]1(C(=O)OC)Oc2cccc(C)c2C1=O. The Labute approximate surface area is 115 Å². The second-order valence-corrected chi connectivity index (χ2v) is 4.45. The number of ether oxygens (including phenoxy) is 3. The van der Waals surface area contributed by atoms with E-state index in [9.17, 15) is 14.4 Å². The maximum absolute atomic E-state index is 12.6. The number of fused-ring (bicyclic) bond motifs is 1. The first-order valence-electron chi connectivity index (χ1n) is 5.95. The number of benzene rings is 1. The van der Waals surface area contributed by atoms with Crippen molar-refractivity contribution in [1.29, 1.82) is 0 Å². The molecular formula is C14H14O6. The van der Waals surface area contributed by atoms with Gasteiger partial charge in [0.05, 0.1) is 19.8 Å². The Kier molecular flexibility index (Phi) is 3.48. The van der Waals surface area contributed by atoms with Crippen molar-refractivity contribution in [2.24, 2.45) is 0 Å². The standard InChI is InChI=1S/C14H14O6/c1-8-5-4-6-9-11(8)12(16)14(20-9,13(17)19-3)7-10(15)18-2/h4-6H,7H2,1-3H3/t14-/m1/s1. The lowest BCUT2D eigenvalue weighted by atomic mass is 9.90. The Hall–Kier alpha value is -2.37. The van der Waals surface area contributed by atoms with Gasteiger partial charge in [-0.3, -0.25) is 9.59 Å². The van der Waals surface area contributed by atoms with Crippen molar-refractivity contribution in [3.05, 3.63) is 29.3 Å². The van der Waals surface area contributed by atoms with Gasteiger partial charge < -0.3 is 14.2 Å². The molecule has 1 heterocycles. The van der Waals surface area contributed by atoms with Crippen LogP contribution in [0.15, 0.2) is 18.2 Å². The van der Waals surface area contributed by atoms with Gasteiger partial charge >= 0.3 is 11.9 Å². The summed E-state index contributed by atoms with van der Waals surface area (Å²) < 4.78 is 14.7. The van der Waals surface area contributed by atoms with Crippen LogP contribution < -0.4 is 4.74 Å². The lowest BCUT2D eigenvalue weighted by Gasteiger charge is -2.22. The van der Waals surface area contributed by atoms with Crippen molar-refractivity contribution in [3.8, 4) is 5.75 Å². The van der Waals surface area contributed by atoms with E-state index in [1.165, 1.54) is 7.11 Å². The van der Waals surface area contributed by atoms with Gasteiger partial charge in [0.25, 0.3) is 5.60 Å². The van der Waals surface area contributed by atoms with Gasteiger partial charge in [0, 0.05) is 0 Å². The number of ketones is 1. The van der Waals surface area contributed by atoms with E-state index in [2.05, 4.69) is 9.47 Å². The fourth-order valence-electron chi connectivity index (χ4n) is 2.22. The van der Waals surface area contributed by atoms with Crippen LogP contribution in [-0.4, -0.2) is 37.5 Å². The molecule has 20 heavy (non-hydrogen) atoms. The minimum Gasteiger partial charge on any atom is -0.469 e. The number of esters is 2. The van der Waals surface area contributed by atoms with E-state index in [0.717, 1.165) is 7.11 Å². The highest BCUT2D eigenvalue weighted by Crippen LogP contribution is 2.39. The largest absolute Gasteiger partial charge is 0.469 e. The molecule has 6 heteroatoms. The third-order valence-corrected chi connectivity index (χ3v) is 3.25. The summed E-state index contributed by atoms with van der Waals surface area (Å²) in [6.07, 6.45) is -0.525. The van der Waals surface area contributed by atoms with E-state index >= 15 is 0 Å². The zero-order valence-corrected chi connectivity index (χ0v) is 11.4. The molecule has 0 amide bonds. The van der Waals surface area contributed by atoms with Gasteiger partial charge in [-0.1, -0.05) is 12.1 Å². The zero-order chi connectivity index (χ0) is 14.9. The van der Waals surface area contributed by atoms with E-state index in [1.54, 1.807) is 25.1 Å². The predicted molar refractivity (Wildman–Crippen MR) is 67.5 cm³/mol. The Morgan fingerprint density at radius 2 is 1.95 bits per heavy atom. The van der Waals surface area contributed by atoms with Gasteiger partial charge in [0.1, 0.15) is 12.2 Å². The number of carbonyl (C=O) groups is 3. The molecule has 1 aliphatic rings. The van der Waals surface area contributed by atoms with Gasteiger partial charge in [-0.25, -0.2) is 4.79 Å². The third kappa shape index (κ3) is 1.93. The molecule has 0 unspecified atom stereocenters. The maximum atomic E-state index is 12.6. The molecule has 0 fully saturated rings. The molecule has 1 aromatic rings. The number of carbonyl (C=O) groups excluding carboxylic acids is 3. The zero-order valence-electron chi connectivity index (χ0n) is 11.4. The summed E-state index contributed by atoms with van der Waals surface area (Å²) in [7, 11) is 2.30. The number of hydrogen-bond donors (Lipinski definition) is 0. The van der Waals surface area contributed by atoms with Crippen LogP contribution in [0.5, 0.6) is 5.75 Å². The number of aryl methyl sites for hydroxylation is 1. The van der Waals surface area contributed by atoms with Crippen LogP contribution in [0.3, 0.4) is 0 Å². The fourth-order valence-corrected chi connectivity index (χ4v) is 2.22. The fraction of sp³-hybridized carbons (Fsp3) is 0.357. The normalized spacial score (nSPS) is 20.1. The van der Waals surface area contributed by atoms with Crippen LogP contribution >= 0.6 is 0 Å². The molecule has 0 aliphatic carbocycles. The van der Waals surface area contributed by atoms with Crippen molar-refractivity contribution in [2.75, 3.05) is 14.2 Å². The molecule has 1 atom stereocenters. The molecule has 0 radical (unpaired) electrons. The van der Waals surface area contributed by atoms with E-state index in [-0.39, 0.29) is 5.75 Å². The summed E-state index contributed by atoms with van der Waals surface area (Å²) in [6.45, 7) is 1.73. The van der Waals surface area contributed by atoms with Gasteiger partial charge in [-0.05, 0) is 18.6 Å². The predicted octanol–water partition coefficient (Wildman–Crippen LogP) is 1.05. The number of rotatable bonds is 3. The van der Waals surface area contributed by atoms with Crippen LogP contribution in [0.1, 0.15) is 22.3 Å². The molecule has 0 saturated carbocycles. The summed E-state index contributed by atoms with van der Waals surface area (Å²) in [5.74, 6) is -1.95. The average Bonchev–Trinajstić information content (AvgIpc) is 2.73. The van der Waals surface area contributed by atoms with Gasteiger partial charge in [-0.15, -0.1) is 0 Å². The number of Topliss-reactive ketones (excluding diaryl/α,β-unsaturated/α-hetero) is 1. The van der Waals surface area contributed by atoms with E-state index in [0.29, 0.717) is 11.1 Å². The second kappa shape index (κ2) is 4.96. The highest BCUT2D eigenvalue weighted by molar-refractivity contribution is 6.21. The van der Waals surface area contributed by atoms with Crippen LogP contribution in [0.4, 0.5) is 0 Å². The Morgan fingerprint density at radius 1 is 1.25 bits per heavy atom. The van der Waals surface area contributed by atoms with E-state index in [4.69, 9.17) is 4.74 Å². The maximum Gasteiger partial charge on any atom is 0.359 e. The molecule has 106 valence electrons. The summed E-state index contributed by atoms with van der Waals surface area (Å²) in [5.41, 5.74) is -1.03. The summed E-state index contributed by atoms with van der Waals surface area (Å²) in [6, 6.07) is 5.00. The van der Waals surface area contributed by atoms with Crippen LogP contribution in [0, 0.1) is 6.92 Å². The van der Waals surface area contributed by atoms with Gasteiger partial charge in [0.2, 0.25) is 5.78 Å². The molecule has 1 aromatic carbocycles. The highest BCUT2D eigenvalue weighted by atomic mass is 16.6. The van der Waals surface area contributed by atoms with Crippen molar-refractivity contribution >= 4 is 17.7 Å². The summed E-state index contributed by atoms with van der Waals surface area (Å²) >= 11 is 0. The summed E-state index contributed by atoms with van der Waals surface area (Å²) in [5, 5.41) is 0. The van der Waals surface area contributed by atoms with E-state index < -0.39 is 29.7 Å². The quantitative estimate of drug-likeness (QED) is 0.607. The highest BCUT2D eigenvalue weighted by Gasteiger charge is 2.57. The number of methoxy groups -OCH3 is 2. The minimum absolute atomic E-state index is 0.268. The molecular weight excluding hydrogens is 264 g/mol. The first-order valence-corrected chi connectivity index (χ1v) is 5.95. The molecule has 2 rings (SSSR count). The van der Waals surface area contributed by atoms with Crippen molar-refractivity contribution < 1.29 is 28.6 Å². The molecule has 1 aliphatic heterocycles. The van der Waals surface area contributed by atoms with Crippen LogP contribution in [0.25, 0.3) is 0 Å². The monoisotopic (exact) mass is 278 g/mol. The Balaban J connectivity index is 2.52. The van der Waals surface area contributed by atoms with Gasteiger partial charge in [0.15, 0.2) is 0 Å². The molecule has 0 N–H and O–H groups in total. The lowest BCUT2D eigenvalue weighted by molar-refractivity contribution is -0.160. The molecule has 0 saturated heterocycles. The topological polar surface area (TPSA) is 78.9 Å². The molecule has 0 spiro atoms. The average molecular weight is 278 g/mol. The van der Waals surface area contributed by atoms with Crippen molar-refractivity contribution in [2.45, 2.75) is 18.9 Å². The summed E-state index contributed by atoms with van der Waals surface area (Å²) in [4.78, 5) is 36.1. The molecule has 0 aromatic heterocycles. The third-order valence-electron chi connectivity index (χ3n) is 3.25. The van der Waals surface area contributed by atoms with E-state index in [1.807, 2.05) is 0 Å². The minimum atomic E-state index is -1.99. The van der Waals surface area contributed by atoms with Crippen molar-refractivity contribution in [3.63, 3.8) is 0 Å². The van der Waals surface area contributed by atoms with Gasteiger partial charge in [-0.2, -0.15) is 0 Å². The molecule has 0 bridgehead atoms. The van der Waals surface area contributed by atoms with Crippen LogP contribution in [0.2, 0.25) is 0 Å². The van der Waals surface area contributed by atoms with Crippen LogP contribution in [-0.2, 0) is 19.1 Å². The first-order chi connectivity index (χ1) is 9.46. The Bertz CT molecular complexity index is 591. The Morgan fingerprint density at radius 3 is 2.50 bits per heavy atom. The smallest absolute Gasteiger partial charge is 0.359 e. The molecule has 6 nitrogen and oxygen atoms in total.